The zero-order valence-corrected chi connectivity index (χ0v) is 9.52. The van der Waals surface area contributed by atoms with Gasteiger partial charge in [0, 0.05) is 5.92 Å². The van der Waals surface area contributed by atoms with Crippen molar-refractivity contribution in [2.24, 2.45) is 5.92 Å². The molecule has 4 nitrogen and oxygen atoms in total. The Hall–Kier alpha value is -0.840. The summed E-state index contributed by atoms with van der Waals surface area (Å²) in [5, 5.41) is 20.8. The summed E-state index contributed by atoms with van der Waals surface area (Å²) in [6.45, 7) is 2.64. The van der Waals surface area contributed by atoms with E-state index in [1.807, 2.05) is 12.1 Å². The van der Waals surface area contributed by atoms with Crippen LogP contribution < -0.4 is 5.32 Å². The number of aliphatic hydroxyl groups excluding tert-OH is 2. The van der Waals surface area contributed by atoms with Gasteiger partial charge in [-0.05, 0) is 24.5 Å². The van der Waals surface area contributed by atoms with E-state index in [9.17, 15) is 0 Å². The molecular formula is C12H19NO3. The van der Waals surface area contributed by atoms with Gasteiger partial charge in [-0.1, -0.05) is 6.92 Å². The molecule has 2 atom stereocenters. The lowest BCUT2D eigenvalue weighted by molar-refractivity contribution is 0.168. The van der Waals surface area contributed by atoms with Gasteiger partial charge in [0.15, 0.2) is 0 Å². The SMILES string of the molecule is CC1CC1c1ccc(CNC(CO)CO)o1. The molecule has 1 fully saturated rings. The molecule has 4 heteroatoms. The highest BCUT2D eigenvalue weighted by Gasteiger charge is 2.36. The van der Waals surface area contributed by atoms with E-state index in [1.165, 1.54) is 6.42 Å². The van der Waals surface area contributed by atoms with E-state index < -0.39 is 0 Å². The molecule has 90 valence electrons. The topological polar surface area (TPSA) is 65.6 Å². The van der Waals surface area contributed by atoms with Crippen LogP contribution in [0.1, 0.15) is 30.8 Å². The predicted octanol–water partition coefficient (Wildman–Crippen LogP) is 0.846. The van der Waals surface area contributed by atoms with Crippen molar-refractivity contribution in [3.63, 3.8) is 0 Å². The zero-order valence-electron chi connectivity index (χ0n) is 9.52. The second-order valence-corrected chi connectivity index (χ2v) is 4.57. The number of furan rings is 1. The molecule has 2 rings (SSSR count). The summed E-state index contributed by atoms with van der Waals surface area (Å²) in [6, 6.07) is 3.71. The number of hydrogen-bond acceptors (Lipinski definition) is 4. The monoisotopic (exact) mass is 225 g/mol. The second kappa shape index (κ2) is 4.99. The Morgan fingerprint density at radius 3 is 2.69 bits per heavy atom. The molecule has 0 spiro atoms. The van der Waals surface area contributed by atoms with E-state index >= 15 is 0 Å². The average molecular weight is 225 g/mol. The first-order chi connectivity index (χ1) is 7.74. The summed E-state index contributed by atoms with van der Waals surface area (Å²) in [7, 11) is 0. The van der Waals surface area contributed by atoms with Gasteiger partial charge in [-0.3, -0.25) is 0 Å². The molecule has 0 aromatic carbocycles. The molecule has 2 unspecified atom stereocenters. The Morgan fingerprint density at radius 2 is 2.12 bits per heavy atom. The van der Waals surface area contributed by atoms with Gasteiger partial charge in [0.2, 0.25) is 0 Å². The Kier molecular flexibility index (Phi) is 3.63. The van der Waals surface area contributed by atoms with E-state index in [0.29, 0.717) is 12.5 Å². The fraction of sp³-hybridized carbons (Fsp3) is 0.667. The quantitative estimate of drug-likeness (QED) is 0.671. The van der Waals surface area contributed by atoms with Gasteiger partial charge in [-0.25, -0.2) is 0 Å². The minimum Gasteiger partial charge on any atom is -0.464 e. The molecule has 0 amide bonds. The maximum Gasteiger partial charge on any atom is 0.117 e. The summed E-state index contributed by atoms with van der Waals surface area (Å²) >= 11 is 0. The van der Waals surface area contributed by atoms with Crippen LogP contribution in [-0.2, 0) is 6.54 Å². The molecule has 16 heavy (non-hydrogen) atoms. The Bertz CT molecular complexity index is 333. The van der Waals surface area contributed by atoms with Crippen LogP contribution in [0.5, 0.6) is 0 Å². The van der Waals surface area contributed by atoms with Crippen molar-refractivity contribution in [1.82, 2.24) is 5.32 Å². The fourth-order valence-electron chi connectivity index (χ4n) is 1.84. The third-order valence-electron chi connectivity index (χ3n) is 3.16. The second-order valence-electron chi connectivity index (χ2n) is 4.57. The van der Waals surface area contributed by atoms with E-state index in [2.05, 4.69) is 12.2 Å². The van der Waals surface area contributed by atoms with Crippen LogP contribution in [-0.4, -0.2) is 29.5 Å². The Morgan fingerprint density at radius 1 is 1.44 bits per heavy atom. The molecule has 0 bridgehead atoms. The molecule has 1 aliphatic rings. The van der Waals surface area contributed by atoms with E-state index in [1.54, 1.807) is 0 Å². The molecule has 3 N–H and O–H groups in total. The minimum absolute atomic E-state index is 0.0657. The Labute approximate surface area is 95.3 Å². The largest absolute Gasteiger partial charge is 0.464 e. The fourth-order valence-corrected chi connectivity index (χ4v) is 1.84. The summed E-state index contributed by atoms with van der Waals surface area (Å²) in [5.41, 5.74) is 0. The zero-order chi connectivity index (χ0) is 11.5. The highest BCUT2D eigenvalue weighted by atomic mass is 16.3. The number of rotatable bonds is 6. The van der Waals surface area contributed by atoms with Gasteiger partial charge in [-0.2, -0.15) is 0 Å². The molecular weight excluding hydrogens is 206 g/mol. The Balaban J connectivity index is 1.83. The summed E-state index contributed by atoms with van der Waals surface area (Å²) in [6.07, 6.45) is 1.22. The molecule has 1 heterocycles. The van der Waals surface area contributed by atoms with Gasteiger partial charge in [0.25, 0.3) is 0 Å². The van der Waals surface area contributed by atoms with Gasteiger partial charge in [0.1, 0.15) is 11.5 Å². The third-order valence-corrected chi connectivity index (χ3v) is 3.16. The lowest BCUT2D eigenvalue weighted by Crippen LogP contribution is -2.35. The van der Waals surface area contributed by atoms with Crippen LogP contribution in [0.15, 0.2) is 16.5 Å². The average Bonchev–Trinajstić information content (AvgIpc) is 2.84. The van der Waals surface area contributed by atoms with E-state index in [4.69, 9.17) is 14.6 Å². The first-order valence-electron chi connectivity index (χ1n) is 5.78. The van der Waals surface area contributed by atoms with E-state index in [0.717, 1.165) is 17.4 Å². The van der Waals surface area contributed by atoms with Crippen LogP contribution in [0.3, 0.4) is 0 Å². The predicted molar refractivity (Wildman–Crippen MR) is 60.0 cm³/mol. The summed E-state index contributed by atoms with van der Waals surface area (Å²) in [4.78, 5) is 0. The number of aliphatic hydroxyl groups is 2. The molecule has 0 radical (unpaired) electrons. The standard InChI is InChI=1S/C12H19NO3/c1-8-4-11(8)12-3-2-10(16-12)5-13-9(6-14)7-15/h2-3,8-9,11,13-15H,4-7H2,1H3. The van der Waals surface area contributed by atoms with Crippen molar-refractivity contribution in [3.05, 3.63) is 23.7 Å². The minimum atomic E-state index is -0.270. The van der Waals surface area contributed by atoms with Gasteiger partial charge in [0.05, 0.1) is 25.8 Å². The van der Waals surface area contributed by atoms with Crippen LogP contribution in [0.25, 0.3) is 0 Å². The summed E-state index contributed by atoms with van der Waals surface area (Å²) in [5.74, 6) is 3.27. The van der Waals surface area contributed by atoms with Crippen LogP contribution in [0.2, 0.25) is 0 Å². The number of nitrogens with one attached hydrogen (secondary N) is 1. The van der Waals surface area contributed by atoms with Crippen molar-refractivity contribution in [3.8, 4) is 0 Å². The van der Waals surface area contributed by atoms with Crippen LogP contribution >= 0.6 is 0 Å². The highest BCUT2D eigenvalue weighted by molar-refractivity contribution is 5.17. The highest BCUT2D eigenvalue weighted by Crippen LogP contribution is 2.47. The molecule has 1 aromatic heterocycles. The van der Waals surface area contributed by atoms with Crippen molar-refractivity contribution in [1.29, 1.82) is 0 Å². The van der Waals surface area contributed by atoms with Crippen LogP contribution in [0, 0.1) is 5.92 Å². The maximum absolute atomic E-state index is 8.89. The van der Waals surface area contributed by atoms with Crippen molar-refractivity contribution in [2.75, 3.05) is 13.2 Å². The molecule has 1 aromatic rings. The first-order valence-corrected chi connectivity index (χ1v) is 5.78. The van der Waals surface area contributed by atoms with E-state index in [-0.39, 0.29) is 19.3 Å². The molecule has 1 aliphatic carbocycles. The van der Waals surface area contributed by atoms with Gasteiger partial charge < -0.3 is 19.9 Å². The maximum atomic E-state index is 8.89. The lowest BCUT2D eigenvalue weighted by atomic mass is 10.3. The van der Waals surface area contributed by atoms with Crippen molar-refractivity contribution >= 4 is 0 Å². The van der Waals surface area contributed by atoms with Crippen molar-refractivity contribution in [2.45, 2.75) is 31.8 Å². The smallest absolute Gasteiger partial charge is 0.117 e. The van der Waals surface area contributed by atoms with Gasteiger partial charge >= 0.3 is 0 Å². The van der Waals surface area contributed by atoms with Gasteiger partial charge in [-0.15, -0.1) is 0 Å². The lowest BCUT2D eigenvalue weighted by Gasteiger charge is -2.11. The number of hydrogen-bond donors (Lipinski definition) is 3. The molecule has 0 saturated heterocycles. The molecule has 0 aliphatic heterocycles. The third kappa shape index (κ3) is 2.64. The summed E-state index contributed by atoms with van der Waals surface area (Å²) < 4.78 is 5.69. The molecule has 1 saturated carbocycles. The first kappa shape index (κ1) is 11.6. The van der Waals surface area contributed by atoms with Crippen molar-refractivity contribution < 1.29 is 14.6 Å². The van der Waals surface area contributed by atoms with Crippen LogP contribution in [0.4, 0.5) is 0 Å². The normalized spacial score (nSPS) is 24.0.